The summed E-state index contributed by atoms with van der Waals surface area (Å²) in [5.74, 6) is 1.92. The third kappa shape index (κ3) is 3.66. The molecule has 20 heavy (non-hydrogen) atoms. The number of anilines is 1. The van der Waals surface area contributed by atoms with Crippen molar-refractivity contribution in [3.05, 3.63) is 48.0 Å². The molecule has 0 atom stereocenters. The number of nitriles is 1. The Labute approximate surface area is 118 Å². The highest BCUT2D eigenvalue weighted by Gasteiger charge is 2.04. The molecule has 0 aliphatic heterocycles. The summed E-state index contributed by atoms with van der Waals surface area (Å²) in [4.78, 5) is 0. The van der Waals surface area contributed by atoms with Gasteiger partial charge in [0, 0.05) is 23.9 Å². The Bertz CT molecular complexity index is 628. The Morgan fingerprint density at radius 1 is 1.00 bits per heavy atom. The standard InChI is InChI=1S/C16H16N2O2/c1-11(2)19-15-7-13(18)8-16(9-15)20-14-5-3-12(10-17)4-6-14/h3-9,11H,18H2,1-2H3. The molecule has 0 radical (unpaired) electrons. The van der Waals surface area contributed by atoms with E-state index in [0.717, 1.165) is 0 Å². The van der Waals surface area contributed by atoms with Gasteiger partial charge < -0.3 is 15.2 Å². The maximum Gasteiger partial charge on any atom is 0.133 e. The van der Waals surface area contributed by atoms with Gasteiger partial charge in [-0.2, -0.15) is 5.26 Å². The monoisotopic (exact) mass is 268 g/mol. The summed E-state index contributed by atoms with van der Waals surface area (Å²) in [6, 6.07) is 14.2. The van der Waals surface area contributed by atoms with E-state index in [2.05, 4.69) is 6.07 Å². The van der Waals surface area contributed by atoms with Crippen LogP contribution in [0.4, 0.5) is 5.69 Å². The fourth-order valence-corrected chi connectivity index (χ4v) is 1.73. The fraction of sp³-hybridized carbons (Fsp3) is 0.188. The van der Waals surface area contributed by atoms with E-state index in [-0.39, 0.29) is 6.10 Å². The zero-order valence-electron chi connectivity index (χ0n) is 11.5. The lowest BCUT2D eigenvalue weighted by Crippen LogP contribution is -2.05. The van der Waals surface area contributed by atoms with Gasteiger partial charge in [0.05, 0.1) is 17.7 Å². The molecule has 2 aromatic carbocycles. The molecular formula is C16H16N2O2. The second-order valence-corrected chi connectivity index (χ2v) is 4.64. The van der Waals surface area contributed by atoms with Crippen LogP contribution in [0.25, 0.3) is 0 Å². The van der Waals surface area contributed by atoms with Gasteiger partial charge in [0.25, 0.3) is 0 Å². The highest BCUT2D eigenvalue weighted by molar-refractivity contribution is 5.51. The topological polar surface area (TPSA) is 68.3 Å². The lowest BCUT2D eigenvalue weighted by Gasteiger charge is -2.12. The van der Waals surface area contributed by atoms with Crippen LogP contribution in [-0.2, 0) is 0 Å². The predicted molar refractivity (Wildman–Crippen MR) is 77.8 cm³/mol. The molecular weight excluding hydrogens is 252 g/mol. The van der Waals surface area contributed by atoms with Crippen LogP contribution in [0.3, 0.4) is 0 Å². The van der Waals surface area contributed by atoms with Crippen LogP contribution >= 0.6 is 0 Å². The molecule has 0 aliphatic carbocycles. The Hall–Kier alpha value is -2.67. The van der Waals surface area contributed by atoms with Crippen molar-refractivity contribution in [1.82, 2.24) is 0 Å². The molecule has 0 bridgehead atoms. The average molecular weight is 268 g/mol. The first-order chi connectivity index (χ1) is 9.56. The molecule has 0 unspecified atom stereocenters. The van der Waals surface area contributed by atoms with Crippen molar-refractivity contribution in [3.8, 4) is 23.3 Å². The normalized spacial score (nSPS) is 10.1. The Morgan fingerprint density at radius 3 is 2.25 bits per heavy atom. The lowest BCUT2D eigenvalue weighted by atomic mass is 10.2. The van der Waals surface area contributed by atoms with Crippen molar-refractivity contribution in [3.63, 3.8) is 0 Å². The number of nitrogens with zero attached hydrogens (tertiary/aromatic N) is 1. The van der Waals surface area contributed by atoms with E-state index in [4.69, 9.17) is 20.5 Å². The van der Waals surface area contributed by atoms with E-state index in [9.17, 15) is 0 Å². The molecule has 0 heterocycles. The first-order valence-electron chi connectivity index (χ1n) is 6.32. The van der Waals surface area contributed by atoms with E-state index in [0.29, 0.717) is 28.5 Å². The van der Waals surface area contributed by atoms with Crippen molar-refractivity contribution in [2.45, 2.75) is 20.0 Å². The van der Waals surface area contributed by atoms with Gasteiger partial charge in [-0.1, -0.05) is 0 Å². The highest BCUT2D eigenvalue weighted by atomic mass is 16.5. The zero-order chi connectivity index (χ0) is 14.5. The van der Waals surface area contributed by atoms with Crippen LogP contribution in [0.1, 0.15) is 19.4 Å². The van der Waals surface area contributed by atoms with E-state index >= 15 is 0 Å². The second-order valence-electron chi connectivity index (χ2n) is 4.64. The van der Waals surface area contributed by atoms with Crippen molar-refractivity contribution < 1.29 is 9.47 Å². The van der Waals surface area contributed by atoms with E-state index in [1.54, 1.807) is 42.5 Å². The van der Waals surface area contributed by atoms with Gasteiger partial charge in [-0.25, -0.2) is 0 Å². The molecule has 0 saturated carbocycles. The van der Waals surface area contributed by atoms with Crippen LogP contribution in [0, 0.1) is 11.3 Å². The number of rotatable bonds is 4. The van der Waals surface area contributed by atoms with Crippen molar-refractivity contribution in [1.29, 1.82) is 5.26 Å². The number of ether oxygens (including phenoxy) is 2. The quantitative estimate of drug-likeness (QED) is 0.858. The second kappa shape index (κ2) is 5.98. The van der Waals surface area contributed by atoms with E-state index in [1.807, 2.05) is 13.8 Å². The summed E-state index contributed by atoms with van der Waals surface area (Å²) in [5, 5.41) is 8.75. The summed E-state index contributed by atoms with van der Waals surface area (Å²) in [7, 11) is 0. The summed E-state index contributed by atoms with van der Waals surface area (Å²) in [5.41, 5.74) is 7.00. The fourth-order valence-electron chi connectivity index (χ4n) is 1.73. The van der Waals surface area contributed by atoms with Crippen LogP contribution in [0.2, 0.25) is 0 Å². The maximum absolute atomic E-state index is 8.75. The number of hydrogen-bond donors (Lipinski definition) is 1. The van der Waals surface area contributed by atoms with Gasteiger partial charge in [-0.3, -0.25) is 0 Å². The SMILES string of the molecule is CC(C)Oc1cc(N)cc(Oc2ccc(C#N)cc2)c1. The van der Waals surface area contributed by atoms with Crippen molar-refractivity contribution in [2.75, 3.05) is 5.73 Å². The molecule has 4 nitrogen and oxygen atoms in total. The van der Waals surface area contributed by atoms with Gasteiger partial charge in [0.1, 0.15) is 17.2 Å². The van der Waals surface area contributed by atoms with Crippen molar-refractivity contribution >= 4 is 5.69 Å². The van der Waals surface area contributed by atoms with Crippen LogP contribution < -0.4 is 15.2 Å². The van der Waals surface area contributed by atoms with E-state index < -0.39 is 0 Å². The molecule has 0 aliphatic rings. The molecule has 0 spiro atoms. The molecule has 4 heteroatoms. The smallest absolute Gasteiger partial charge is 0.133 e. The van der Waals surface area contributed by atoms with Gasteiger partial charge in [0.15, 0.2) is 0 Å². The maximum atomic E-state index is 8.75. The molecule has 2 N–H and O–H groups in total. The Kier molecular flexibility index (Phi) is 4.11. The molecule has 0 fully saturated rings. The summed E-state index contributed by atoms with van der Waals surface area (Å²) >= 11 is 0. The van der Waals surface area contributed by atoms with Crippen LogP contribution in [0.15, 0.2) is 42.5 Å². The molecule has 0 saturated heterocycles. The molecule has 0 aromatic heterocycles. The van der Waals surface area contributed by atoms with Gasteiger partial charge >= 0.3 is 0 Å². The molecule has 2 rings (SSSR count). The summed E-state index contributed by atoms with van der Waals surface area (Å²) < 4.78 is 11.3. The minimum atomic E-state index is 0.0690. The third-order valence-corrected chi connectivity index (χ3v) is 2.49. The summed E-state index contributed by atoms with van der Waals surface area (Å²) in [6.07, 6.45) is 0.0690. The van der Waals surface area contributed by atoms with Gasteiger partial charge in [-0.05, 0) is 38.1 Å². The summed E-state index contributed by atoms with van der Waals surface area (Å²) in [6.45, 7) is 3.90. The van der Waals surface area contributed by atoms with E-state index in [1.165, 1.54) is 0 Å². The minimum Gasteiger partial charge on any atom is -0.491 e. The number of hydrogen-bond acceptors (Lipinski definition) is 4. The molecule has 2 aromatic rings. The Morgan fingerprint density at radius 2 is 1.65 bits per heavy atom. The zero-order valence-corrected chi connectivity index (χ0v) is 11.5. The van der Waals surface area contributed by atoms with Crippen molar-refractivity contribution in [2.24, 2.45) is 0 Å². The Balaban J connectivity index is 2.19. The van der Waals surface area contributed by atoms with Crippen LogP contribution in [0.5, 0.6) is 17.2 Å². The predicted octanol–water partition coefficient (Wildman–Crippen LogP) is 3.72. The minimum absolute atomic E-state index is 0.0690. The highest BCUT2D eigenvalue weighted by Crippen LogP contribution is 2.29. The van der Waals surface area contributed by atoms with Gasteiger partial charge in [0.2, 0.25) is 0 Å². The van der Waals surface area contributed by atoms with Gasteiger partial charge in [-0.15, -0.1) is 0 Å². The number of benzene rings is 2. The molecule has 0 amide bonds. The first kappa shape index (κ1) is 13.8. The largest absolute Gasteiger partial charge is 0.491 e. The number of nitrogen functional groups attached to an aromatic ring is 1. The molecule has 102 valence electrons. The lowest BCUT2D eigenvalue weighted by molar-refractivity contribution is 0.242. The van der Waals surface area contributed by atoms with Crippen LogP contribution in [-0.4, -0.2) is 6.10 Å². The third-order valence-electron chi connectivity index (χ3n) is 2.49. The number of nitrogens with two attached hydrogens (primary N) is 1. The average Bonchev–Trinajstić information content (AvgIpc) is 2.38. The first-order valence-corrected chi connectivity index (χ1v) is 6.32.